The lowest BCUT2D eigenvalue weighted by atomic mass is 9.85. The Labute approximate surface area is 209 Å². The van der Waals surface area contributed by atoms with Crippen LogP contribution in [0.4, 0.5) is 0 Å². The van der Waals surface area contributed by atoms with Gasteiger partial charge in [-0.15, -0.1) is 24.0 Å². The van der Waals surface area contributed by atoms with Gasteiger partial charge < -0.3 is 29.7 Å². The molecule has 1 aliphatic rings. The number of carbonyl (C=O) groups excluding carboxylic acids is 1. The zero-order chi connectivity index (χ0) is 22.9. The molecule has 182 valence electrons. The minimum absolute atomic E-state index is 0. The molecule has 0 unspecified atom stereocenters. The smallest absolute Gasteiger partial charge is 0.230 e. The molecule has 1 aromatic rings. The second-order valence-electron chi connectivity index (χ2n) is 8.07. The van der Waals surface area contributed by atoms with Crippen LogP contribution < -0.4 is 24.8 Å². The summed E-state index contributed by atoms with van der Waals surface area (Å²) in [6.45, 7) is 3.91. The van der Waals surface area contributed by atoms with E-state index in [0.29, 0.717) is 31.2 Å². The van der Waals surface area contributed by atoms with Crippen LogP contribution in [0.2, 0.25) is 0 Å². The summed E-state index contributed by atoms with van der Waals surface area (Å²) >= 11 is 0. The summed E-state index contributed by atoms with van der Waals surface area (Å²) in [7, 11) is 8.54. The lowest BCUT2D eigenvalue weighted by molar-refractivity contribution is -0.138. The minimum atomic E-state index is -0.381. The molecule has 0 aromatic heterocycles. The van der Waals surface area contributed by atoms with Gasteiger partial charge in [-0.05, 0) is 26.2 Å². The van der Waals surface area contributed by atoms with Crippen LogP contribution in [0, 0.1) is 5.41 Å². The maximum atomic E-state index is 12.8. The lowest BCUT2D eigenvalue weighted by Gasteiger charge is -2.29. The largest absolute Gasteiger partial charge is 0.496 e. The van der Waals surface area contributed by atoms with E-state index >= 15 is 0 Å². The van der Waals surface area contributed by atoms with Gasteiger partial charge in [-0.1, -0.05) is 12.8 Å². The van der Waals surface area contributed by atoms with Gasteiger partial charge in [-0.3, -0.25) is 9.79 Å². The van der Waals surface area contributed by atoms with E-state index in [2.05, 4.69) is 10.6 Å². The predicted molar refractivity (Wildman–Crippen MR) is 139 cm³/mol. The van der Waals surface area contributed by atoms with Gasteiger partial charge >= 0.3 is 0 Å². The second kappa shape index (κ2) is 13.6. The highest BCUT2D eigenvalue weighted by Crippen LogP contribution is 2.39. The Morgan fingerprint density at radius 1 is 1.06 bits per heavy atom. The molecule has 1 aromatic carbocycles. The van der Waals surface area contributed by atoms with Gasteiger partial charge in [0.1, 0.15) is 17.2 Å². The van der Waals surface area contributed by atoms with Crippen molar-refractivity contribution in [2.45, 2.75) is 39.0 Å². The van der Waals surface area contributed by atoms with Crippen LogP contribution in [0.5, 0.6) is 17.2 Å². The zero-order valence-corrected chi connectivity index (χ0v) is 22.6. The van der Waals surface area contributed by atoms with Crippen LogP contribution in [0.3, 0.4) is 0 Å². The van der Waals surface area contributed by atoms with Crippen molar-refractivity contribution in [1.82, 2.24) is 15.5 Å². The first-order valence-corrected chi connectivity index (χ1v) is 10.9. The molecule has 8 nitrogen and oxygen atoms in total. The van der Waals surface area contributed by atoms with E-state index < -0.39 is 0 Å². The number of nitrogens with one attached hydrogen (secondary N) is 2. The summed E-state index contributed by atoms with van der Waals surface area (Å²) in [5.41, 5.74) is 0.582. The molecule has 2 rings (SSSR count). The predicted octanol–water partition coefficient (Wildman–Crippen LogP) is 3.08. The quantitative estimate of drug-likeness (QED) is 0.259. The standard InChI is InChI=1S/C23H38N4O4.HI/c1-7-24-22(26-16-23(11-8-9-12-23)21(28)27(2)3)25-13-10-18-19(30-5)14-17(29-4)15-20(18)31-6;/h14-15H,7-13,16H2,1-6H3,(H2,24,25,26);1H. The highest BCUT2D eigenvalue weighted by molar-refractivity contribution is 14.0. The summed E-state index contributed by atoms with van der Waals surface area (Å²) in [4.78, 5) is 19.3. The lowest BCUT2D eigenvalue weighted by Crippen LogP contribution is -2.43. The Bertz CT molecular complexity index is 739. The van der Waals surface area contributed by atoms with Crippen molar-refractivity contribution in [3.63, 3.8) is 0 Å². The topological polar surface area (TPSA) is 84.4 Å². The Morgan fingerprint density at radius 2 is 1.66 bits per heavy atom. The van der Waals surface area contributed by atoms with Gasteiger partial charge in [0.05, 0.1) is 33.3 Å². The number of carbonyl (C=O) groups is 1. The van der Waals surface area contributed by atoms with Crippen molar-refractivity contribution >= 4 is 35.8 Å². The second-order valence-corrected chi connectivity index (χ2v) is 8.07. The normalized spacial score (nSPS) is 14.9. The number of rotatable bonds is 10. The fourth-order valence-electron chi connectivity index (χ4n) is 4.17. The van der Waals surface area contributed by atoms with Gasteiger partial charge in [0, 0.05) is 44.9 Å². The first-order chi connectivity index (χ1) is 14.9. The Balaban J connectivity index is 0.00000512. The van der Waals surface area contributed by atoms with E-state index in [1.165, 1.54) is 0 Å². The molecular formula is C23H39IN4O4. The summed E-state index contributed by atoms with van der Waals surface area (Å²) in [5, 5.41) is 6.67. The van der Waals surface area contributed by atoms with E-state index in [0.717, 1.165) is 49.3 Å². The van der Waals surface area contributed by atoms with Crippen LogP contribution in [0.15, 0.2) is 17.1 Å². The Morgan fingerprint density at radius 3 is 2.12 bits per heavy atom. The molecule has 1 saturated carbocycles. The molecule has 9 heteroatoms. The average Bonchev–Trinajstić information content (AvgIpc) is 3.26. The zero-order valence-electron chi connectivity index (χ0n) is 20.2. The summed E-state index contributed by atoms with van der Waals surface area (Å²) < 4.78 is 16.4. The summed E-state index contributed by atoms with van der Waals surface area (Å²) in [5.74, 6) is 3.03. The van der Waals surface area contributed by atoms with Crippen LogP contribution in [-0.4, -0.2) is 71.8 Å². The number of nitrogens with zero attached hydrogens (tertiary/aromatic N) is 2. The van der Waals surface area contributed by atoms with Crippen LogP contribution >= 0.6 is 24.0 Å². The number of hydrogen-bond donors (Lipinski definition) is 2. The van der Waals surface area contributed by atoms with Crippen LogP contribution in [0.25, 0.3) is 0 Å². The van der Waals surface area contributed by atoms with Gasteiger partial charge in [-0.25, -0.2) is 0 Å². The molecule has 1 amide bonds. The molecule has 1 aliphatic carbocycles. The monoisotopic (exact) mass is 562 g/mol. The van der Waals surface area contributed by atoms with Crippen molar-refractivity contribution in [2.75, 3.05) is 55.1 Å². The maximum absolute atomic E-state index is 12.8. The molecule has 0 radical (unpaired) electrons. The van der Waals surface area contributed by atoms with Crippen molar-refractivity contribution in [1.29, 1.82) is 0 Å². The maximum Gasteiger partial charge on any atom is 0.230 e. The first-order valence-electron chi connectivity index (χ1n) is 10.9. The molecule has 0 spiro atoms. The van der Waals surface area contributed by atoms with E-state index in [1.807, 2.05) is 33.2 Å². The van der Waals surface area contributed by atoms with Gasteiger partial charge in [0.15, 0.2) is 5.96 Å². The highest BCUT2D eigenvalue weighted by atomic mass is 127. The molecule has 0 aliphatic heterocycles. The van der Waals surface area contributed by atoms with Crippen molar-refractivity contribution in [3.8, 4) is 17.2 Å². The first kappa shape index (κ1) is 28.1. The van der Waals surface area contributed by atoms with E-state index in [4.69, 9.17) is 19.2 Å². The number of halogens is 1. The van der Waals surface area contributed by atoms with Gasteiger partial charge in [0.2, 0.25) is 5.91 Å². The third kappa shape index (κ3) is 7.05. The van der Waals surface area contributed by atoms with E-state index in [9.17, 15) is 4.79 Å². The molecule has 2 N–H and O–H groups in total. The number of hydrogen-bond acceptors (Lipinski definition) is 5. The molecule has 1 fully saturated rings. The molecule has 0 atom stereocenters. The Kier molecular flexibility index (Phi) is 11.9. The van der Waals surface area contributed by atoms with Crippen molar-refractivity contribution < 1.29 is 19.0 Å². The molecule has 32 heavy (non-hydrogen) atoms. The fraction of sp³-hybridized carbons (Fsp3) is 0.652. The van der Waals surface area contributed by atoms with E-state index in [-0.39, 0.29) is 35.3 Å². The fourth-order valence-corrected chi connectivity index (χ4v) is 4.17. The number of guanidine groups is 1. The number of ether oxygens (including phenoxy) is 3. The summed E-state index contributed by atoms with van der Waals surface area (Å²) in [6, 6.07) is 3.71. The number of benzene rings is 1. The van der Waals surface area contributed by atoms with Gasteiger partial charge in [-0.2, -0.15) is 0 Å². The van der Waals surface area contributed by atoms with Crippen LogP contribution in [0.1, 0.15) is 38.2 Å². The number of amides is 1. The van der Waals surface area contributed by atoms with Crippen molar-refractivity contribution in [3.05, 3.63) is 17.7 Å². The Hall–Kier alpha value is -1.91. The molecular weight excluding hydrogens is 523 g/mol. The summed E-state index contributed by atoms with van der Waals surface area (Å²) in [6.07, 6.45) is 4.63. The SMILES string of the molecule is CCNC(=NCC1(C(=O)N(C)C)CCCC1)NCCc1c(OC)cc(OC)cc1OC.I. The molecule has 0 saturated heterocycles. The van der Waals surface area contributed by atoms with E-state index in [1.54, 1.807) is 26.2 Å². The number of aliphatic imine (C=N–C) groups is 1. The van der Waals surface area contributed by atoms with Crippen molar-refractivity contribution in [2.24, 2.45) is 10.4 Å². The highest BCUT2D eigenvalue weighted by Gasteiger charge is 2.42. The minimum Gasteiger partial charge on any atom is -0.496 e. The molecule has 0 heterocycles. The van der Waals surface area contributed by atoms with Gasteiger partial charge in [0.25, 0.3) is 0 Å². The third-order valence-corrected chi connectivity index (χ3v) is 5.79. The molecule has 0 bridgehead atoms. The average molecular weight is 562 g/mol. The van der Waals surface area contributed by atoms with Crippen LogP contribution in [-0.2, 0) is 11.2 Å². The third-order valence-electron chi connectivity index (χ3n) is 5.79. The number of methoxy groups -OCH3 is 3.